The van der Waals surface area contributed by atoms with Crippen LogP contribution in [0.5, 0.6) is 0 Å². The summed E-state index contributed by atoms with van der Waals surface area (Å²) in [4.78, 5) is 2.63. The molecule has 1 N–H and O–H groups in total. The molecule has 88 valence electrons. The number of hydrogen-bond acceptors (Lipinski definition) is 3. The summed E-state index contributed by atoms with van der Waals surface area (Å²) in [5.74, 6) is 0. The molecule has 0 aliphatic carbocycles. The third-order valence-electron chi connectivity index (χ3n) is 3.74. The highest BCUT2D eigenvalue weighted by molar-refractivity contribution is 4.82. The molecule has 0 unspecified atom stereocenters. The molecule has 0 atom stereocenters. The van der Waals surface area contributed by atoms with E-state index >= 15 is 0 Å². The Kier molecular flexibility index (Phi) is 4.00. The van der Waals surface area contributed by atoms with Gasteiger partial charge in [0.05, 0.1) is 0 Å². The molecular formula is C12H24N2O. The molecule has 0 bridgehead atoms. The first-order valence-electron chi connectivity index (χ1n) is 6.29. The molecule has 2 rings (SSSR count). The minimum Gasteiger partial charge on any atom is -0.381 e. The third-order valence-corrected chi connectivity index (χ3v) is 3.74. The molecule has 0 saturated carbocycles. The smallest absolute Gasteiger partial charge is 0.0471 e. The average molecular weight is 212 g/mol. The van der Waals surface area contributed by atoms with Crippen LogP contribution in [0.15, 0.2) is 0 Å². The Morgan fingerprint density at radius 2 is 2.00 bits per heavy atom. The van der Waals surface area contributed by atoms with Crippen LogP contribution in [0.1, 0.15) is 26.2 Å². The van der Waals surface area contributed by atoms with E-state index < -0.39 is 0 Å². The maximum Gasteiger partial charge on any atom is 0.0471 e. The van der Waals surface area contributed by atoms with Crippen LogP contribution in [-0.2, 0) is 4.74 Å². The van der Waals surface area contributed by atoms with Crippen LogP contribution in [0, 0.1) is 5.41 Å². The lowest BCUT2D eigenvalue weighted by Gasteiger charge is -2.37. The summed E-state index contributed by atoms with van der Waals surface area (Å²) in [5, 5.41) is 3.46. The van der Waals surface area contributed by atoms with Crippen molar-refractivity contribution in [3.05, 3.63) is 0 Å². The monoisotopic (exact) mass is 212 g/mol. The molecular weight excluding hydrogens is 188 g/mol. The van der Waals surface area contributed by atoms with Crippen LogP contribution in [-0.4, -0.2) is 50.8 Å². The van der Waals surface area contributed by atoms with Crippen molar-refractivity contribution in [2.24, 2.45) is 5.41 Å². The Morgan fingerprint density at radius 3 is 2.80 bits per heavy atom. The molecule has 0 radical (unpaired) electrons. The number of hydrogen-bond donors (Lipinski definition) is 1. The SMILES string of the molecule is CC1(CN2CCCNCC2)CCOCC1. The second kappa shape index (κ2) is 5.28. The normalized spacial score (nSPS) is 28.6. The van der Waals surface area contributed by atoms with Crippen LogP contribution in [0.3, 0.4) is 0 Å². The van der Waals surface area contributed by atoms with Crippen LogP contribution in [0.25, 0.3) is 0 Å². The summed E-state index contributed by atoms with van der Waals surface area (Å²) in [6, 6.07) is 0. The fourth-order valence-electron chi connectivity index (χ4n) is 2.62. The minimum absolute atomic E-state index is 0.503. The fraction of sp³-hybridized carbons (Fsp3) is 1.00. The number of nitrogens with zero attached hydrogens (tertiary/aromatic N) is 1. The molecule has 3 heteroatoms. The quantitative estimate of drug-likeness (QED) is 0.742. The first kappa shape index (κ1) is 11.4. The van der Waals surface area contributed by atoms with Crippen molar-refractivity contribution in [1.29, 1.82) is 0 Å². The van der Waals surface area contributed by atoms with Gasteiger partial charge < -0.3 is 15.0 Å². The second-order valence-corrected chi connectivity index (χ2v) is 5.30. The van der Waals surface area contributed by atoms with Crippen molar-refractivity contribution in [2.45, 2.75) is 26.2 Å². The van der Waals surface area contributed by atoms with Crippen LogP contribution < -0.4 is 5.32 Å². The molecule has 0 aromatic heterocycles. The standard InChI is InChI=1S/C12H24N2O/c1-12(3-9-15-10-4-12)11-14-7-2-5-13-6-8-14/h13H,2-11H2,1H3. The van der Waals surface area contributed by atoms with E-state index in [1.165, 1.54) is 45.4 Å². The van der Waals surface area contributed by atoms with Gasteiger partial charge in [-0.05, 0) is 37.8 Å². The predicted molar refractivity (Wildman–Crippen MR) is 62.1 cm³/mol. The van der Waals surface area contributed by atoms with E-state index in [0.717, 1.165) is 19.8 Å². The molecule has 2 aliphatic rings. The Labute approximate surface area is 93.2 Å². The van der Waals surface area contributed by atoms with Gasteiger partial charge in [0.15, 0.2) is 0 Å². The Hall–Kier alpha value is -0.120. The zero-order valence-corrected chi connectivity index (χ0v) is 9.93. The van der Waals surface area contributed by atoms with Gasteiger partial charge in [-0.25, -0.2) is 0 Å². The number of nitrogens with one attached hydrogen (secondary N) is 1. The zero-order valence-electron chi connectivity index (χ0n) is 9.93. The fourth-order valence-corrected chi connectivity index (χ4v) is 2.62. The van der Waals surface area contributed by atoms with Gasteiger partial charge in [-0.15, -0.1) is 0 Å². The van der Waals surface area contributed by atoms with Crippen molar-refractivity contribution < 1.29 is 4.74 Å². The lowest BCUT2D eigenvalue weighted by Crippen LogP contribution is -2.41. The molecule has 0 amide bonds. The molecule has 0 aromatic rings. The van der Waals surface area contributed by atoms with Gasteiger partial charge in [0.2, 0.25) is 0 Å². The van der Waals surface area contributed by atoms with Crippen LogP contribution in [0.2, 0.25) is 0 Å². The summed E-state index contributed by atoms with van der Waals surface area (Å²) in [5.41, 5.74) is 0.503. The van der Waals surface area contributed by atoms with Gasteiger partial charge in [-0.1, -0.05) is 6.92 Å². The first-order chi connectivity index (χ1) is 7.29. The lowest BCUT2D eigenvalue weighted by atomic mass is 9.82. The van der Waals surface area contributed by atoms with E-state index in [1.807, 2.05) is 0 Å². The molecule has 0 aromatic carbocycles. The third kappa shape index (κ3) is 3.44. The summed E-state index contributed by atoms with van der Waals surface area (Å²) < 4.78 is 5.45. The van der Waals surface area contributed by atoms with E-state index in [9.17, 15) is 0 Å². The molecule has 2 fully saturated rings. The Morgan fingerprint density at radius 1 is 1.20 bits per heavy atom. The van der Waals surface area contributed by atoms with Crippen LogP contribution in [0.4, 0.5) is 0 Å². The second-order valence-electron chi connectivity index (χ2n) is 5.30. The van der Waals surface area contributed by atoms with Gasteiger partial charge in [-0.2, -0.15) is 0 Å². The molecule has 3 nitrogen and oxygen atoms in total. The van der Waals surface area contributed by atoms with Gasteiger partial charge >= 0.3 is 0 Å². The maximum atomic E-state index is 5.45. The molecule has 0 spiro atoms. The molecule has 2 saturated heterocycles. The highest BCUT2D eigenvalue weighted by Crippen LogP contribution is 2.30. The highest BCUT2D eigenvalue weighted by atomic mass is 16.5. The Balaban J connectivity index is 1.82. The minimum atomic E-state index is 0.503. The molecule has 2 aliphatic heterocycles. The van der Waals surface area contributed by atoms with Crippen molar-refractivity contribution in [3.63, 3.8) is 0 Å². The van der Waals surface area contributed by atoms with Gasteiger partial charge in [0.1, 0.15) is 0 Å². The van der Waals surface area contributed by atoms with Gasteiger partial charge in [0, 0.05) is 32.8 Å². The van der Waals surface area contributed by atoms with Crippen molar-refractivity contribution in [2.75, 3.05) is 45.9 Å². The number of ether oxygens (including phenoxy) is 1. The van der Waals surface area contributed by atoms with E-state index in [2.05, 4.69) is 17.1 Å². The average Bonchev–Trinajstić information content (AvgIpc) is 2.47. The van der Waals surface area contributed by atoms with Crippen molar-refractivity contribution in [1.82, 2.24) is 10.2 Å². The summed E-state index contributed by atoms with van der Waals surface area (Å²) in [6.45, 7) is 10.4. The summed E-state index contributed by atoms with van der Waals surface area (Å²) in [6.07, 6.45) is 3.76. The maximum absolute atomic E-state index is 5.45. The van der Waals surface area contributed by atoms with Crippen molar-refractivity contribution >= 4 is 0 Å². The topological polar surface area (TPSA) is 24.5 Å². The summed E-state index contributed by atoms with van der Waals surface area (Å²) >= 11 is 0. The van der Waals surface area contributed by atoms with E-state index in [0.29, 0.717) is 5.41 Å². The Bertz CT molecular complexity index is 182. The molecule has 2 heterocycles. The van der Waals surface area contributed by atoms with E-state index in [-0.39, 0.29) is 0 Å². The predicted octanol–water partition coefficient (Wildman–Crippen LogP) is 1.10. The highest BCUT2D eigenvalue weighted by Gasteiger charge is 2.29. The first-order valence-corrected chi connectivity index (χ1v) is 6.29. The molecule has 15 heavy (non-hydrogen) atoms. The number of rotatable bonds is 2. The van der Waals surface area contributed by atoms with Crippen LogP contribution >= 0.6 is 0 Å². The van der Waals surface area contributed by atoms with Gasteiger partial charge in [0.25, 0.3) is 0 Å². The zero-order chi connectivity index (χ0) is 10.6. The van der Waals surface area contributed by atoms with Crippen molar-refractivity contribution in [3.8, 4) is 0 Å². The van der Waals surface area contributed by atoms with Gasteiger partial charge in [-0.3, -0.25) is 0 Å². The van der Waals surface area contributed by atoms with E-state index in [4.69, 9.17) is 4.74 Å². The largest absolute Gasteiger partial charge is 0.381 e. The van der Waals surface area contributed by atoms with E-state index in [1.54, 1.807) is 0 Å². The summed E-state index contributed by atoms with van der Waals surface area (Å²) in [7, 11) is 0. The lowest BCUT2D eigenvalue weighted by molar-refractivity contribution is 0.00601.